The predicted octanol–water partition coefficient (Wildman–Crippen LogP) is 2.25. The molecule has 0 spiro atoms. The molecule has 116 valence electrons. The van der Waals surface area contributed by atoms with Crippen molar-refractivity contribution >= 4 is 5.91 Å². The lowest BCUT2D eigenvalue weighted by atomic mass is 10.0. The summed E-state index contributed by atoms with van der Waals surface area (Å²) >= 11 is 0. The molecule has 1 aromatic carbocycles. The van der Waals surface area contributed by atoms with Crippen LogP contribution in [0.1, 0.15) is 30.1 Å². The number of rotatable bonds is 2. The van der Waals surface area contributed by atoms with E-state index >= 15 is 0 Å². The number of halogens is 5. The summed E-state index contributed by atoms with van der Waals surface area (Å²) in [6.45, 7) is 2.30. The van der Waals surface area contributed by atoms with Gasteiger partial charge in [-0.3, -0.25) is 4.79 Å². The summed E-state index contributed by atoms with van der Waals surface area (Å²) in [6.07, 6.45) is 1.28. The highest BCUT2D eigenvalue weighted by Gasteiger charge is 2.31. The summed E-state index contributed by atoms with van der Waals surface area (Å²) in [7, 11) is 0. The second-order valence-electron chi connectivity index (χ2n) is 5.00. The van der Waals surface area contributed by atoms with Crippen LogP contribution in [0.5, 0.6) is 0 Å². The molecule has 2 N–H and O–H groups in total. The SMILES string of the molecule is CC1CCC(NC(=O)c2c(F)c(F)c(F)c(F)c2F)CN1. The van der Waals surface area contributed by atoms with Gasteiger partial charge < -0.3 is 10.6 Å². The number of hydrogen-bond acceptors (Lipinski definition) is 2. The predicted molar refractivity (Wildman–Crippen MR) is 64.2 cm³/mol. The Bertz CT molecular complexity index is 541. The van der Waals surface area contributed by atoms with Crippen LogP contribution < -0.4 is 10.6 Å². The van der Waals surface area contributed by atoms with Crippen molar-refractivity contribution in [2.75, 3.05) is 6.54 Å². The highest BCUT2D eigenvalue weighted by molar-refractivity contribution is 5.95. The van der Waals surface area contributed by atoms with Crippen molar-refractivity contribution in [3.05, 3.63) is 34.6 Å². The highest BCUT2D eigenvalue weighted by Crippen LogP contribution is 2.23. The maximum Gasteiger partial charge on any atom is 0.257 e. The minimum atomic E-state index is -2.28. The molecule has 0 aromatic heterocycles. The van der Waals surface area contributed by atoms with Crippen molar-refractivity contribution < 1.29 is 26.7 Å². The van der Waals surface area contributed by atoms with E-state index in [1.54, 1.807) is 0 Å². The molecule has 0 bridgehead atoms. The van der Waals surface area contributed by atoms with Crippen LogP contribution in [0.15, 0.2) is 0 Å². The van der Waals surface area contributed by atoms with Gasteiger partial charge in [-0.25, -0.2) is 22.0 Å². The van der Waals surface area contributed by atoms with E-state index in [1.165, 1.54) is 0 Å². The first-order valence-electron chi connectivity index (χ1n) is 6.38. The lowest BCUT2D eigenvalue weighted by Gasteiger charge is -2.28. The molecular weight excluding hydrogens is 295 g/mol. The average molecular weight is 308 g/mol. The molecule has 21 heavy (non-hydrogen) atoms. The molecule has 1 amide bonds. The third-order valence-corrected chi connectivity index (χ3v) is 3.43. The fourth-order valence-electron chi connectivity index (χ4n) is 2.18. The van der Waals surface area contributed by atoms with Crippen molar-refractivity contribution in [1.29, 1.82) is 0 Å². The van der Waals surface area contributed by atoms with Crippen LogP contribution in [0.3, 0.4) is 0 Å². The van der Waals surface area contributed by atoms with Crippen LogP contribution in [0.25, 0.3) is 0 Å². The van der Waals surface area contributed by atoms with Gasteiger partial charge in [0.15, 0.2) is 23.3 Å². The van der Waals surface area contributed by atoms with Crippen molar-refractivity contribution in [2.45, 2.75) is 31.8 Å². The Kier molecular flexibility index (Phi) is 4.46. The molecule has 0 aliphatic carbocycles. The largest absolute Gasteiger partial charge is 0.348 e. The zero-order chi connectivity index (χ0) is 15.7. The van der Waals surface area contributed by atoms with Gasteiger partial charge >= 0.3 is 0 Å². The number of carbonyl (C=O) groups is 1. The maximum absolute atomic E-state index is 13.5. The molecule has 1 fully saturated rings. The van der Waals surface area contributed by atoms with E-state index in [-0.39, 0.29) is 6.04 Å². The zero-order valence-corrected chi connectivity index (χ0v) is 11.1. The monoisotopic (exact) mass is 308 g/mol. The fraction of sp³-hybridized carbons (Fsp3) is 0.462. The number of hydrogen-bond donors (Lipinski definition) is 2. The smallest absolute Gasteiger partial charge is 0.257 e. The molecule has 8 heteroatoms. The molecule has 0 radical (unpaired) electrons. The first-order chi connectivity index (χ1) is 9.82. The quantitative estimate of drug-likeness (QED) is 0.500. The fourth-order valence-corrected chi connectivity index (χ4v) is 2.18. The average Bonchev–Trinajstić information content (AvgIpc) is 2.46. The summed E-state index contributed by atoms with van der Waals surface area (Å²) < 4.78 is 65.9. The molecule has 1 saturated heterocycles. The Morgan fingerprint density at radius 1 is 1.00 bits per heavy atom. The second kappa shape index (κ2) is 5.97. The van der Waals surface area contributed by atoms with Crippen molar-refractivity contribution in [3.8, 4) is 0 Å². The third kappa shape index (κ3) is 2.99. The van der Waals surface area contributed by atoms with E-state index in [2.05, 4.69) is 10.6 Å². The normalized spacial score (nSPS) is 22.2. The number of carbonyl (C=O) groups excluding carboxylic acids is 1. The van der Waals surface area contributed by atoms with Gasteiger partial charge in [-0.2, -0.15) is 0 Å². The zero-order valence-electron chi connectivity index (χ0n) is 11.1. The van der Waals surface area contributed by atoms with Gasteiger partial charge in [-0.1, -0.05) is 0 Å². The third-order valence-electron chi connectivity index (χ3n) is 3.43. The molecular formula is C13H13F5N2O. The van der Waals surface area contributed by atoms with Gasteiger partial charge in [0.2, 0.25) is 5.82 Å². The van der Waals surface area contributed by atoms with E-state index in [0.717, 1.165) is 6.42 Å². The summed E-state index contributed by atoms with van der Waals surface area (Å²) in [5, 5.41) is 5.31. The number of benzene rings is 1. The Balaban J connectivity index is 2.24. The standard InChI is InChI=1S/C13H13F5N2O/c1-5-2-3-6(4-19-5)20-13(21)7-8(14)10(16)12(18)11(17)9(7)15/h5-6,19H,2-4H2,1H3,(H,20,21). The van der Waals surface area contributed by atoms with Gasteiger partial charge in [0, 0.05) is 18.6 Å². The lowest BCUT2D eigenvalue weighted by Crippen LogP contribution is -2.49. The van der Waals surface area contributed by atoms with Crippen LogP contribution in [-0.4, -0.2) is 24.5 Å². The van der Waals surface area contributed by atoms with Crippen LogP contribution in [0.2, 0.25) is 0 Å². The van der Waals surface area contributed by atoms with Gasteiger partial charge in [-0.15, -0.1) is 0 Å². The molecule has 1 aromatic rings. The van der Waals surface area contributed by atoms with E-state index in [9.17, 15) is 26.7 Å². The Labute approximate surface area is 117 Å². The Morgan fingerprint density at radius 2 is 1.52 bits per heavy atom. The molecule has 2 atom stereocenters. The van der Waals surface area contributed by atoms with Gasteiger partial charge in [0.05, 0.1) is 0 Å². The van der Waals surface area contributed by atoms with Crippen molar-refractivity contribution in [1.82, 2.24) is 10.6 Å². The number of amides is 1. The lowest BCUT2D eigenvalue weighted by molar-refractivity contribution is 0.0915. The van der Waals surface area contributed by atoms with Crippen LogP contribution in [-0.2, 0) is 0 Å². The van der Waals surface area contributed by atoms with E-state index in [0.29, 0.717) is 13.0 Å². The number of piperidine rings is 1. The van der Waals surface area contributed by atoms with Crippen LogP contribution >= 0.6 is 0 Å². The summed E-state index contributed by atoms with van der Waals surface area (Å²) in [5.74, 6) is -12.1. The van der Waals surface area contributed by atoms with Gasteiger partial charge in [0.1, 0.15) is 5.56 Å². The van der Waals surface area contributed by atoms with E-state index in [1.807, 2.05) is 6.92 Å². The van der Waals surface area contributed by atoms with Crippen molar-refractivity contribution in [3.63, 3.8) is 0 Å². The topological polar surface area (TPSA) is 41.1 Å². The molecule has 1 heterocycles. The minimum Gasteiger partial charge on any atom is -0.348 e. The Hall–Kier alpha value is -1.70. The van der Waals surface area contributed by atoms with E-state index < -0.39 is 46.6 Å². The molecule has 0 saturated carbocycles. The first kappa shape index (κ1) is 15.7. The second-order valence-corrected chi connectivity index (χ2v) is 5.00. The first-order valence-corrected chi connectivity index (χ1v) is 6.38. The highest BCUT2D eigenvalue weighted by atomic mass is 19.2. The summed E-state index contributed by atoms with van der Waals surface area (Å²) in [6, 6.07) is -0.184. The van der Waals surface area contributed by atoms with Gasteiger partial charge in [-0.05, 0) is 19.8 Å². The maximum atomic E-state index is 13.5. The van der Waals surface area contributed by atoms with Crippen LogP contribution in [0, 0.1) is 29.1 Å². The molecule has 1 aliphatic heterocycles. The molecule has 3 nitrogen and oxygen atoms in total. The number of nitrogens with one attached hydrogen (secondary N) is 2. The summed E-state index contributed by atoms with van der Waals surface area (Å²) in [4.78, 5) is 11.8. The van der Waals surface area contributed by atoms with Crippen LogP contribution in [0.4, 0.5) is 22.0 Å². The Morgan fingerprint density at radius 3 is 2.00 bits per heavy atom. The van der Waals surface area contributed by atoms with Gasteiger partial charge in [0.25, 0.3) is 5.91 Å². The van der Waals surface area contributed by atoms with E-state index in [4.69, 9.17) is 0 Å². The minimum absolute atomic E-state index is 0.243. The molecule has 1 aliphatic rings. The molecule has 2 rings (SSSR count). The summed E-state index contributed by atoms with van der Waals surface area (Å²) in [5.41, 5.74) is -1.45. The van der Waals surface area contributed by atoms with Crippen molar-refractivity contribution in [2.24, 2.45) is 0 Å². The molecule has 2 unspecified atom stereocenters.